The van der Waals surface area contributed by atoms with Crippen molar-refractivity contribution in [2.24, 2.45) is 0 Å². The van der Waals surface area contributed by atoms with E-state index in [0.717, 1.165) is 31.7 Å². The van der Waals surface area contributed by atoms with Gasteiger partial charge in [0.05, 0.1) is 38.8 Å². The van der Waals surface area contributed by atoms with Crippen LogP contribution in [0.5, 0.6) is 5.75 Å². The Morgan fingerprint density at radius 1 is 1.24 bits per heavy atom. The van der Waals surface area contributed by atoms with E-state index in [9.17, 15) is 0 Å². The first-order chi connectivity index (χ1) is 12.2. The summed E-state index contributed by atoms with van der Waals surface area (Å²) in [5.74, 6) is 6.68. The van der Waals surface area contributed by atoms with Crippen molar-refractivity contribution in [3.63, 3.8) is 0 Å². The molecule has 0 aliphatic rings. The van der Waals surface area contributed by atoms with E-state index in [1.807, 2.05) is 35.7 Å². The molecule has 1 aromatic carbocycles. The fourth-order valence-corrected chi connectivity index (χ4v) is 3.95. The van der Waals surface area contributed by atoms with Gasteiger partial charge in [-0.2, -0.15) is 5.26 Å². The van der Waals surface area contributed by atoms with E-state index in [4.69, 9.17) is 10.00 Å². The Kier molecular flexibility index (Phi) is 5.71. The van der Waals surface area contributed by atoms with Crippen LogP contribution in [0.25, 0.3) is 10.2 Å². The van der Waals surface area contributed by atoms with E-state index in [1.165, 1.54) is 0 Å². The maximum atomic E-state index is 8.92. The van der Waals surface area contributed by atoms with Crippen LogP contribution in [0.15, 0.2) is 46.3 Å². The number of fused-ring (bicyclic) bond motifs is 1. The third-order valence-corrected chi connectivity index (χ3v) is 5.56. The van der Waals surface area contributed by atoms with E-state index in [1.54, 1.807) is 18.3 Å². The monoisotopic (exact) mass is 410 g/mol. The molecule has 124 valence electrons. The lowest BCUT2D eigenvalue weighted by Crippen LogP contribution is -1.99. The first kappa shape index (κ1) is 17.5. The van der Waals surface area contributed by atoms with Gasteiger partial charge < -0.3 is 4.74 Å². The molecule has 0 bridgehead atoms. The summed E-state index contributed by atoms with van der Waals surface area (Å²) in [6.45, 7) is 2.20. The van der Waals surface area contributed by atoms with Gasteiger partial charge in [-0.1, -0.05) is 18.1 Å². The Bertz CT molecular complexity index is 977. The van der Waals surface area contributed by atoms with Crippen molar-refractivity contribution in [2.75, 3.05) is 0 Å². The van der Waals surface area contributed by atoms with E-state index in [0.29, 0.717) is 13.0 Å². The number of ether oxygens (including phenoxy) is 1. The molecule has 1 atom stereocenters. The second-order valence-electron chi connectivity index (χ2n) is 5.40. The Morgan fingerprint density at radius 2 is 2.04 bits per heavy atom. The maximum Gasteiger partial charge on any atom is 0.130 e. The van der Waals surface area contributed by atoms with Crippen LogP contribution in [0, 0.1) is 23.2 Å². The van der Waals surface area contributed by atoms with Gasteiger partial charge in [0.25, 0.3) is 0 Å². The molecule has 0 saturated heterocycles. The molecule has 0 saturated carbocycles. The number of nitriles is 1. The minimum Gasteiger partial charge on any atom is -0.487 e. The van der Waals surface area contributed by atoms with Crippen molar-refractivity contribution in [2.45, 2.75) is 25.9 Å². The molecule has 5 heteroatoms. The summed E-state index contributed by atoms with van der Waals surface area (Å²) in [4.78, 5) is 4.63. The summed E-state index contributed by atoms with van der Waals surface area (Å²) in [5.41, 5.74) is 2.89. The zero-order valence-electron chi connectivity index (χ0n) is 13.6. The third kappa shape index (κ3) is 4.20. The van der Waals surface area contributed by atoms with Crippen LogP contribution in [0.3, 0.4) is 0 Å². The molecule has 2 aromatic heterocycles. The quantitative estimate of drug-likeness (QED) is 0.509. The number of hydrogen-bond donors (Lipinski definition) is 0. The Morgan fingerprint density at radius 3 is 2.76 bits per heavy atom. The highest BCUT2D eigenvalue weighted by Crippen LogP contribution is 2.29. The molecule has 25 heavy (non-hydrogen) atoms. The predicted molar refractivity (Wildman–Crippen MR) is 105 cm³/mol. The van der Waals surface area contributed by atoms with Crippen LogP contribution >= 0.6 is 27.3 Å². The van der Waals surface area contributed by atoms with Crippen molar-refractivity contribution in [3.05, 3.63) is 57.5 Å². The molecule has 3 aromatic rings. The number of rotatable bonds is 5. The predicted octanol–water partition coefficient (Wildman–Crippen LogP) is 5.66. The number of hydrogen-bond acceptors (Lipinski definition) is 4. The third-order valence-electron chi connectivity index (χ3n) is 3.71. The Hall–Kier alpha value is -2.34. The molecule has 0 amide bonds. The maximum absolute atomic E-state index is 8.92. The van der Waals surface area contributed by atoms with Crippen molar-refractivity contribution < 1.29 is 4.74 Å². The van der Waals surface area contributed by atoms with Crippen LogP contribution in [-0.2, 0) is 6.61 Å². The van der Waals surface area contributed by atoms with Gasteiger partial charge in [-0.3, -0.25) is 0 Å². The summed E-state index contributed by atoms with van der Waals surface area (Å²) in [6.07, 6.45) is 0.389. The molecule has 0 spiro atoms. The number of thiophene rings is 1. The van der Waals surface area contributed by atoms with Crippen LogP contribution in [0.2, 0.25) is 0 Å². The summed E-state index contributed by atoms with van der Waals surface area (Å²) >= 11 is 5.18. The second-order valence-corrected chi connectivity index (χ2v) is 7.17. The van der Waals surface area contributed by atoms with Crippen molar-refractivity contribution in [1.82, 2.24) is 4.98 Å². The molecule has 2 heterocycles. The number of benzene rings is 1. The lowest BCUT2D eigenvalue weighted by molar-refractivity contribution is 0.301. The highest BCUT2D eigenvalue weighted by Gasteiger charge is 2.09. The minimum absolute atomic E-state index is 0.0518. The van der Waals surface area contributed by atoms with Crippen molar-refractivity contribution in [3.8, 4) is 23.7 Å². The lowest BCUT2D eigenvalue weighted by Gasteiger charge is -2.10. The van der Waals surface area contributed by atoms with Gasteiger partial charge in [-0.25, -0.2) is 4.98 Å². The zero-order valence-corrected chi connectivity index (χ0v) is 16.0. The van der Waals surface area contributed by atoms with Gasteiger partial charge in [0.15, 0.2) is 0 Å². The molecule has 0 fully saturated rings. The molecule has 0 aliphatic carbocycles. The normalized spacial score (nSPS) is 11.4. The number of halogens is 1. The molecule has 0 N–H and O–H groups in total. The van der Waals surface area contributed by atoms with E-state index in [2.05, 4.69) is 44.9 Å². The van der Waals surface area contributed by atoms with Gasteiger partial charge >= 0.3 is 0 Å². The van der Waals surface area contributed by atoms with Crippen LogP contribution in [0.1, 0.15) is 30.5 Å². The molecular formula is C20H15BrN2OS. The Balaban J connectivity index is 1.69. The van der Waals surface area contributed by atoms with Gasteiger partial charge in [0, 0.05) is 5.38 Å². The van der Waals surface area contributed by atoms with Gasteiger partial charge in [0.1, 0.15) is 12.4 Å². The summed E-state index contributed by atoms with van der Waals surface area (Å²) < 4.78 is 8.00. The lowest BCUT2D eigenvalue weighted by atomic mass is 9.97. The highest BCUT2D eigenvalue weighted by molar-refractivity contribution is 9.10. The molecule has 0 unspecified atom stereocenters. The largest absolute Gasteiger partial charge is 0.487 e. The zero-order chi connectivity index (χ0) is 17.6. The molecule has 0 aliphatic heterocycles. The van der Waals surface area contributed by atoms with E-state index < -0.39 is 0 Å². The highest BCUT2D eigenvalue weighted by atomic mass is 79.9. The van der Waals surface area contributed by atoms with E-state index in [-0.39, 0.29) is 5.92 Å². The van der Waals surface area contributed by atoms with Crippen LogP contribution in [-0.4, -0.2) is 4.98 Å². The van der Waals surface area contributed by atoms with Gasteiger partial charge in [0.2, 0.25) is 0 Å². The Labute approximate surface area is 159 Å². The number of nitrogens with zero attached hydrogens (tertiary/aromatic N) is 2. The average molecular weight is 411 g/mol. The molecule has 0 radical (unpaired) electrons. The minimum atomic E-state index is -0.0518. The SMILES string of the molecule is CC#C[C@@H](CC#N)c1ccc(OCc2ccc3scc(Br)c3n2)cc1. The number of aromatic nitrogens is 1. The van der Waals surface area contributed by atoms with Crippen LogP contribution in [0.4, 0.5) is 0 Å². The number of pyridine rings is 1. The summed E-state index contributed by atoms with van der Waals surface area (Å²) in [5, 5.41) is 11.0. The molecule has 3 rings (SSSR count). The molecular weight excluding hydrogens is 396 g/mol. The summed E-state index contributed by atoms with van der Waals surface area (Å²) in [6, 6.07) is 14.0. The van der Waals surface area contributed by atoms with Crippen molar-refractivity contribution in [1.29, 1.82) is 5.26 Å². The topological polar surface area (TPSA) is 45.9 Å². The first-order valence-corrected chi connectivity index (χ1v) is 9.43. The average Bonchev–Trinajstić information content (AvgIpc) is 3.01. The fraction of sp³-hybridized carbons (Fsp3) is 0.200. The van der Waals surface area contributed by atoms with E-state index >= 15 is 0 Å². The standard InChI is InChI=1S/C20H15BrN2OS/c1-2-3-14(10-11-22)15-4-7-17(8-5-15)24-12-16-6-9-19-20(23-16)18(21)13-25-19/h4-9,13-14H,10,12H2,1H3/t14-/m0/s1. The fourth-order valence-electron chi connectivity index (χ4n) is 2.48. The second kappa shape index (κ2) is 8.16. The van der Waals surface area contributed by atoms with Crippen LogP contribution < -0.4 is 4.74 Å². The van der Waals surface area contributed by atoms with Crippen molar-refractivity contribution >= 4 is 37.5 Å². The first-order valence-electron chi connectivity index (χ1n) is 7.76. The molecule has 3 nitrogen and oxygen atoms in total. The summed E-state index contributed by atoms with van der Waals surface area (Å²) in [7, 11) is 0. The van der Waals surface area contributed by atoms with Gasteiger partial charge in [-0.05, 0) is 52.7 Å². The smallest absolute Gasteiger partial charge is 0.130 e. The van der Waals surface area contributed by atoms with Gasteiger partial charge in [-0.15, -0.1) is 17.3 Å².